The largest absolute Gasteiger partial charge is 0.353 e. The molecule has 4 heteroatoms. The van der Waals surface area contributed by atoms with Crippen LogP contribution in [0.25, 0.3) is 0 Å². The van der Waals surface area contributed by atoms with Gasteiger partial charge in [0.15, 0.2) is 0 Å². The molecule has 0 spiro atoms. The molecule has 2 atom stereocenters. The van der Waals surface area contributed by atoms with Gasteiger partial charge in [0.25, 0.3) is 0 Å². The van der Waals surface area contributed by atoms with Gasteiger partial charge in [-0.25, -0.2) is 0 Å². The molecule has 0 aromatic rings. The van der Waals surface area contributed by atoms with E-state index >= 15 is 0 Å². The number of hydrogen-bond acceptors (Lipinski definition) is 3. The topological polar surface area (TPSA) is 49.4 Å². The maximum absolute atomic E-state index is 12.0. The van der Waals surface area contributed by atoms with Crippen molar-refractivity contribution in [1.29, 1.82) is 0 Å². The number of hydrogen-bond donors (Lipinski definition) is 1. The summed E-state index contributed by atoms with van der Waals surface area (Å²) in [5.41, 5.74) is 0. The van der Waals surface area contributed by atoms with E-state index in [1.807, 2.05) is 6.92 Å². The second-order valence-electron chi connectivity index (χ2n) is 4.79. The lowest BCUT2D eigenvalue weighted by atomic mass is 10.0. The molecule has 0 bridgehead atoms. The van der Waals surface area contributed by atoms with Crippen LogP contribution in [0.15, 0.2) is 0 Å². The lowest BCUT2D eigenvalue weighted by Crippen LogP contribution is -2.58. The summed E-state index contributed by atoms with van der Waals surface area (Å²) >= 11 is 0. The lowest BCUT2D eigenvalue weighted by molar-refractivity contribution is -0.133. The summed E-state index contributed by atoms with van der Waals surface area (Å²) in [6.45, 7) is 3.38. The number of amides is 1. The monoisotopic (exact) mass is 224 g/mol. The minimum absolute atomic E-state index is 0.0106. The van der Waals surface area contributed by atoms with E-state index in [1.165, 1.54) is 0 Å². The third kappa shape index (κ3) is 2.26. The zero-order chi connectivity index (χ0) is 11.5. The fourth-order valence-corrected chi connectivity index (χ4v) is 2.72. The van der Waals surface area contributed by atoms with Crippen molar-refractivity contribution in [2.45, 2.75) is 51.1 Å². The maximum Gasteiger partial charge on any atom is 0.237 e. The Morgan fingerprint density at radius 3 is 2.88 bits per heavy atom. The highest BCUT2D eigenvalue weighted by Crippen LogP contribution is 2.21. The van der Waals surface area contributed by atoms with Crippen molar-refractivity contribution in [3.8, 4) is 0 Å². The molecule has 1 heterocycles. The van der Waals surface area contributed by atoms with Crippen LogP contribution in [-0.2, 0) is 9.59 Å². The molecule has 4 nitrogen and oxygen atoms in total. The Morgan fingerprint density at radius 2 is 2.06 bits per heavy atom. The molecule has 1 amide bonds. The molecule has 0 radical (unpaired) electrons. The summed E-state index contributed by atoms with van der Waals surface area (Å²) in [6, 6.07) is -0.163. The molecule has 2 fully saturated rings. The van der Waals surface area contributed by atoms with Gasteiger partial charge in [0.05, 0.1) is 12.1 Å². The summed E-state index contributed by atoms with van der Waals surface area (Å²) in [5.74, 6) is 0.391. The van der Waals surface area contributed by atoms with E-state index in [1.54, 1.807) is 0 Å². The molecule has 0 aromatic carbocycles. The Kier molecular flexibility index (Phi) is 3.59. The zero-order valence-corrected chi connectivity index (χ0v) is 9.87. The summed E-state index contributed by atoms with van der Waals surface area (Å²) in [6.07, 6.45) is 4.90. The quantitative estimate of drug-likeness (QED) is 0.667. The molecule has 1 N–H and O–H groups in total. The van der Waals surface area contributed by atoms with Gasteiger partial charge in [-0.2, -0.15) is 0 Å². The number of piperazine rings is 1. The summed E-state index contributed by atoms with van der Waals surface area (Å²) < 4.78 is 0. The number of Topliss-reactive ketones (excluding diaryl/α,β-unsaturated/α-hetero) is 1. The van der Waals surface area contributed by atoms with Crippen LogP contribution in [0, 0.1) is 0 Å². The molecule has 2 aliphatic rings. The molecule has 16 heavy (non-hydrogen) atoms. The van der Waals surface area contributed by atoms with Crippen molar-refractivity contribution < 1.29 is 9.59 Å². The van der Waals surface area contributed by atoms with Gasteiger partial charge in [-0.1, -0.05) is 12.8 Å². The van der Waals surface area contributed by atoms with Crippen molar-refractivity contribution in [3.05, 3.63) is 0 Å². The molecule has 2 rings (SSSR count). The van der Waals surface area contributed by atoms with E-state index in [-0.39, 0.29) is 18.0 Å². The van der Waals surface area contributed by atoms with Crippen LogP contribution in [-0.4, -0.2) is 41.8 Å². The van der Waals surface area contributed by atoms with Gasteiger partial charge in [0, 0.05) is 19.5 Å². The normalized spacial score (nSPS) is 33.3. The highest BCUT2D eigenvalue weighted by Gasteiger charge is 2.34. The van der Waals surface area contributed by atoms with E-state index in [4.69, 9.17) is 0 Å². The molecule has 1 aliphatic carbocycles. The van der Waals surface area contributed by atoms with E-state index in [0.29, 0.717) is 18.7 Å². The number of carbonyl (C=O) groups is 2. The summed E-state index contributed by atoms with van der Waals surface area (Å²) in [7, 11) is 0. The fourth-order valence-electron chi connectivity index (χ4n) is 2.72. The van der Waals surface area contributed by atoms with Crippen LogP contribution in [0.1, 0.15) is 39.0 Å². The van der Waals surface area contributed by atoms with Crippen LogP contribution >= 0.6 is 0 Å². The SMILES string of the molecule is CC1C(=O)NCCN1C1CCCCCC1=O. The summed E-state index contributed by atoms with van der Waals surface area (Å²) in [4.78, 5) is 25.7. The Hall–Kier alpha value is -0.900. The van der Waals surface area contributed by atoms with Crippen molar-refractivity contribution in [2.24, 2.45) is 0 Å². The van der Waals surface area contributed by atoms with Gasteiger partial charge in [0.2, 0.25) is 5.91 Å². The van der Waals surface area contributed by atoms with Gasteiger partial charge in [-0.05, 0) is 19.8 Å². The Morgan fingerprint density at radius 1 is 1.25 bits per heavy atom. The van der Waals surface area contributed by atoms with Gasteiger partial charge in [0.1, 0.15) is 5.78 Å². The van der Waals surface area contributed by atoms with Gasteiger partial charge >= 0.3 is 0 Å². The van der Waals surface area contributed by atoms with Crippen LogP contribution in [0.3, 0.4) is 0 Å². The molecule has 1 aliphatic heterocycles. The number of carbonyl (C=O) groups excluding carboxylic acids is 2. The fraction of sp³-hybridized carbons (Fsp3) is 0.833. The highest BCUT2D eigenvalue weighted by atomic mass is 16.2. The first-order valence-corrected chi connectivity index (χ1v) is 6.26. The molecular formula is C12H20N2O2. The number of nitrogens with zero attached hydrogens (tertiary/aromatic N) is 1. The average Bonchev–Trinajstić information content (AvgIpc) is 2.47. The van der Waals surface area contributed by atoms with Gasteiger partial charge < -0.3 is 5.32 Å². The second kappa shape index (κ2) is 4.95. The highest BCUT2D eigenvalue weighted by molar-refractivity contribution is 5.87. The van der Waals surface area contributed by atoms with Crippen molar-refractivity contribution in [3.63, 3.8) is 0 Å². The average molecular weight is 224 g/mol. The smallest absolute Gasteiger partial charge is 0.237 e. The van der Waals surface area contributed by atoms with E-state index in [2.05, 4.69) is 10.2 Å². The number of nitrogens with one attached hydrogen (secondary N) is 1. The third-order valence-electron chi connectivity index (χ3n) is 3.72. The molecule has 1 saturated carbocycles. The van der Waals surface area contributed by atoms with Crippen LogP contribution in [0.2, 0.25) is 0 Å². The Balaban J connectivity index is 2.08. The van der Waals surface area contributed by atoms with E-state index in [9.17, 15) is 9.59 Å². The van der Waals surface area contributed by atoms with Crippen molar-refractivity contribution >= 4 is 11.7 Å². The zero-order valence-electron chi connectivity index (χ0n) is 9.87. The van der Waals surface area contributed by atoms with Gasteiger partial charge in [-0.15, -0.1) is 0 Å². The van der Waals surface area contributed by atoms with Crippen LogP contribution in [0.4, 0.5) is 0 Å². The molecule has 1 saturated heterocycles. The molecular weight excluding hydrogens is 204 g/mol. The Labute approximate surface area is 96.4 Å². The minimum Gasteiger partial charge on any atom is -0.353 e. The first kappa shape index (κ1) is 11.6. The summed E-state index contributed by atoms with van der Waals surface area (Å²) in [5, 5.41) is 2.84. The van der Waals surface area contributed by atoms with Gasteiger partial charge in [-0.3, -0.25) is 14.5 Å². The molecule has 90 valence electrons. The predicted molar refractivity (Wildman–Crippen MR) is 61.1 cm³/mol. The first-order valence-electron chi connectivity index (χ1n) is 6.26. The predicted octanol–water partition coefficient (Wildman–Crippen LogP) is 0.708. The van der Waals surface area contributed by atoms with Crippen LogP contribution < -0.4 is 5.32 Å². The third-order valence-corrected chi connectivity index (χ3v) is 3.72. The Bertz CT molecular complexity index is 291. The first-order chi connectivity index (χ1) is 7.70. The maximum atomic E-state index is 12.0. The van der Waals surface area contributed by atoms with Crippen LogP contribution in [0.5, 0.6) is 0 Å². The lowest BCUT2D eigenvalue weighted by Gasteiger charge is -2.37. The number of rotatable bonds is 1. The second-order valence-corrected chi connectivity index (χ2v) is 4.79. The van der Waals surface area contributed by atoms with Crippen molar-refractivity contribution in [2.75, 3.05) is 13.1 Å². The molecule has 0 aromatic heterocycles. The standard InChI is InChI=1S/C12H20N2O2/c1-9-12(16)13-7-8-14(9)10-5-3-2-4-6-11(10)15/h9-10H,2-8H2,1H3,(H,13,16). The van der Waals surface area contributed by atoms with Crippen molar-refractivity contribution in [1.82, 2.24) is 10.2 Å². The van der Waals surface area contributed by atoms with E-state index < -0.39 is 0 Å². The molecule has 2 unspecified atom stereocenters. The van der Waals surface area contributed by atoms with E-state index in [0.717, 1.165) is 32.2 Å². The number of ketones is 1. The minimum atomic E-state index is -0.152.